The fourth-order valence-corrected chi connectivity index (χ4v) is 1.31. The second-order valence-electron chi connectivity index (χ2n) is 3.84. The van der Waals surface area contributed by atoms with Gasteiger partial charge in [0.15, 0.2) is 0 Å². The normalized spacial score (nSPS) is 12.9. The van der Waals surface area contributed by atoms with Gasteiger partial charge in [-0.05, 0) is 30.0 Å². The third-order valence-electron chi connectivity index (χ3n) is 2.41. The van der Waals surface area contributed by atoms with Crippen LogP contribution in [0.2, 0.25) is 0 Å². The van der Waals surface area contributed by atoms with Crippen LogP contribution in [0.15, 0.2) is 24.3 Å². The van der Waals surface area contributed by atoms with Gasteiger partial charge in [0.1, 0.15) is 0 Å². The van der Waals surface area contributed by atoms with Gasteiger partial charge in [-0.2, -0.15) is 0 Å². The molecule has 14 heavy (non-hydrogen) atoms. The highest BCUT2D eigenvalue weighted by Gasteiger charge is 2.08. The van der Waals surface area contributed by atoms with Gasteiger partial charge in [-0.25, -0.2) is 0 Å². The number of benzene rings is 1. The fourth-order valence-electron chi connectivity index (χ4n) is 1.31. The predicted octanol–water partition coefficient (Wildman–Crippen LogP) is 2.21. The first-order valence-corrected chi connectivity index (χ1v) is 4.96. The van der Waals surface area contributed by atoms with Crippen molar-refractivity contribution in [2.75, 3.05) is 12.4 Å². The van der Waals surface area contributed by atoms with Crippen molar-refractivity contribution in [3.05, 3.63) is 35.7 Å². The zero-order valence-electron chi connectivity index (χ0n) is 9.17. The highest BCUT2D eigenvalue weighted by molar-refractivity contribution is 5.45. The lowest BCUT2D eigenvalue weighted by atomic mass is 9.97. The molecule has 2 nitrogen and oxygen atoms in total. The predicted molar refractivity (Wildman–Crippen MR) is 62.3 cm³/mol. The van der Waals surface area contributed by atoms with Gasteiger partial charge in [0.25, 0.3) is 0 Å². The Kier molecular flexibility index (Phi) is 3.96. The topological polar surface area (TPSA) is 38.0 Å². The summed E-state index contributed by atoms with van der Waals surface area (Å²) in [6, 6.07) is 8.53. The maximum Gasteiger partial charge on any atom is 0.0340 e. The Bertz CT molecular complexity index is 281. The van der Waals surface area contributed by atoms with Crippen molar-refractivity contribution < 1.29 is 0 Å². The molecule has 0 saturated carbocycles. The van der Waals surface area contributed by atoms with E-state index < -0.39 is 0 Å². The van der Waals surface area contributed by atoms with Crippen LogP contribution >= 0.6 is 0 Å². The van der Waals surface area contributed by atoms with Gasteiger partial charge in [-0.3, -0.25) is 0 Å². The first-order valence-electron chi connectivity index (χ1n) is 4.96. The molecule has 1 aromatic carbocycles. The van der Waals surface area contributed by atoms with Crippen molar-refractivity contribution in [2.24, 2.45) is 5.73 Å². The molecule has 0 bridgehead atoms. The van der Waals surface area contributed by atoms with Gasteiger partial charge < -0.3 is 11.1 Å². The lowest BCUT2D eigenvalue weighted by Gasteiger charge is -2.15. The van der Waals surface area contributed by atoms with Gasteiger partial charge in [-0.15, -0.1) is 0 Å². The van der Waals surface area contributed by atoms with Crippen molar-refractivity contribution in [3.8, 4) is 0 Å². The Labute approximate surface area is 86.5 Å². The molecule has 1 aromatic rings. The van der Waals surface area contributed by atoms with Crippen molar-refractivity contribution in [1.29, 1.82) is 0 Å². The second kappa shape index (κ2) is 5.01. The first kappa shape index (κ1) is 11.1. The van der Waals surface area contributed by atoms with Gasteiger partial charge >= 0.3 is 0 Å². The van der Waals surface area contributed by atoms with Gasteiger partial charge in [-0.1, -0.05) is 26.0 Å². The summed E-state index contributed by atoms with van der Waals surface area (Å²) in [5.74, 6) is 1.28. The Hall–Kier alpha value is -1.02. The molecule has 0 amide bonds. The fraction of sp³-hybridized carbons (Fsp3) is 0.417. The number of anilines is 1. The van der Waals surface area contributed by atoms with E-state index in [-0.39, 0.29) is 6.04 Å². The Morgan fingerprint density at radius 3 is 2.71 bits per heavy atom. The smallest absolute Gasteiger partial charge is 0.0340 e. The minimum Gasteiger partial charge on any atom is -0.388 e. The molecule has 0 saturated heterocycles. The number of nitrogens with one attached hydrogen (secondary N) is 1. The summed E-state index contributed by atoms with van der Waals surface area (Å²) in [7, 11) is 1.93. The first-order chi connectivity index (χ1) is 6.63. The molecule has 0 heterocycles. The SMILES string of the molecule is CNc1cccc(CC(N)[C](C)C)c1. The molecule has 0 aliphatic rings. The van der Waals surface area contributed by atoms with Crippen LogP contribution in [0, 0.1) is 5.92 Å². The molecule has 3 N–H and O–H groups in total. The van der Waals surface area contributed by atoms with Crippen LogP contribution in [0.5, 0.6) is 0 Å². The van der Waals surface area contributed by atoms with Crippen LogP contribution in [0.25, 0.3) is 0 Å². The molecule has 0 aliphatic heterocycles. The van der Waals surface area contributed by atoms with Crippen LogP contribution in [0.1, 0.15) is 19.4 Å². The van der Waals surface area contributed by atoms with E-state index in [1.165, 1.54) is 11.5 Å². The maximum absolute atomic E-state index is 5.98. The molecule has 77 valence electrons. The maximum atomic E-state index is 5.98. The second-order valence-corrected chi connectivity index (χ2v) is 3.84. The molecule has 1 radical (unpaired) electrons. The lowest BCUT2D eigenvalue weighted by Crippen LogP contribution is -2.27. The highest BCUT2D eigenvalue weighted by Crippen LogP contribution is 2.14. The van der Waals surface area contributed by atoms with E-state index >= 15 is 0 Å². The van der Waals surface area contributed by atoms with E-state index in [0.717, 1.165) is 12.1 Å². The summed E-state index contributed by atoms with van der Waals surface area (Å²) in [6.07, 6.45) is 0.915. The molecule has 0 aliphatic carbocycles. The van der Waals surface area contributed by atoms with Crippen molar-refractivity contribution in [2.45, 2.75) is 26.3 Å². The molecule has 2 heteroatoms. The van der Waals surface area contributed by atoms with E-state index in [2.05, 4.69) is 43.4 Å². The number of hydrogen-bond acceptors (Lipinski definition) is 2. The van der Waals surface area contributed by atoms with E-state index in [1.54, 1.807) is 0 Å². The summed E-state index contributed by atoms with van der Waals surface area (Å²) in [5, 5.41) is 3.12. The molecule has 0 spiro atoms. The lowest BCUT2D eigenvalue weighted by molar-refractivity contribution is 0.683. The zero-order chi connectivity index (χ0) is 10.6. The van der Waals surface area contributed by atoms with Crippen LogP contribution in [-0.2, 0) is 6.42 Å². The number of rotatable bonds is 4. The zero-order valence-corrected chi connectivity index (χ0v) is 9.17. The Morgan fingerprint density at radius 1 is 1.43 bits per heavy atom. The summed E-state index contributed by atoms with van der Waals surface area (Å²) < 4.78 is 0. The van der Waals surface area contributed by atoms with Crippen LogP contribution in [-0.4, -0.2) is 13.1 Å². The van der Waals surface area contributed by atoms with Crippen molar-refractivity contribution in [1.82, 2.24) is 0 Å². The molecule has 0 aromatic heterocycles. The molecule has 1 atom stereocenters. The van der Waals surface area contributed by atoms with E-state index in [0.29, 0.717) is 0 Å². The standard InChI is InChI=1S/C12H19N2/c1-9(2)12(13)8-10-5-4-6-11(7-10)14-3/h4-7,12,14H,8,13H2,1-3H3. The minimum atomic E-state index is 0.169. The van der Waals surface area contributed by atoms with Crippen molar-refractivity contribution >= 4 is 5.69 Å². The van der Waals surface area contributed by atoms with Gasteiger partial charge in [0, 0.05) is 18.8 Å². The van der Waals surface area contributed by atoms with Gasteiger partial charge in [0.05, 0.1) is 0 Å². The van der Waals surface area contributed by atoms with Crippen LogP contribution in [0.3, 0.4) is 0 Å². The summed E-state index contributed by atoms with van der Waals surface area (Å²) in [4.78, 5) is 0. The average Bonchev–Trinajstić information content (AvgIpc) is 2.18. The highest BCUT2D eigenvalue weighted by atomic mass is 14.8. The molecule has 0 fully saturated rings. The van der Waals surface area contributed by atoms with E-state index in [9.17, 15) is 0 Å². The quantitative estimate of drug-likeness (QED) is 0.765. The average molecular weight is 191 g/mol. The molecular weight excluding hydrogens is 172 g/mol. The molecule has 1 rings (SSSR count). The Morgan fingerprint density at radius 2 is 2.14 bits per heavy atom. The minimum absolute atomic E-state index is 0.169. The summed E-state index contributed by atoms with van der Waals surface area (Å²) >= 11 is 0. The van der Waals surface area contributed by atoms with Crippen molar-refractivity contribution in [3.63, 3.8) is 0 Å². The number of hydrogen-bond donors (Lipinski definition) is 2. The van der Waals surface area contributed by atoms with Gasteiger partial charge in [0.2, 0.25) is 0 Å². The third kappa shape index (κ3) is 3.04. The monoisotopic (exact) mass is 191 g/mol. The van der Waals surface area contributed by atoms with Crippen LogP contribution < -0.4 is 11.1 Å². The van der Waals surface area contributed by atoms with E-state index in [4.69, 9.17) is 5.73 Å². The van der Waals surface area contributed by atoms with E-state index in [1.807, 2.05) is 7.05 Å². The largest absolute Gasteiger partial charge is 0.388 e. The van der Waals surface area contributed by atoms with Crippen LogP contribution in [0.4, 0.5) is 5.69 Å². The molecular formula is C12H19N2. The Balaban J connectivity index is 2.66. The molecule has 1 unspecified atom stereocenters. The third-order valence-corrected chi connectivity index (χ3v) is 2.41. The summed E-state index contributed by atoms with van der Waals surface area (Å²) in [5.41, 5.74) is 8.41. The number of nitrogens with two attached hydrogens (primary N) is 1. The summed E-state index contributed by atoms with van der Waals surface area (Å²) in [6.45, 7) is 4.15.